The maximum absolute atomic E-state index is 12.5. The number of fused-ring (bicyclic) bond motifs is 1. The van der Waals surface area contributed by atoms with Crippen molar-refractivity contribution in [1.82, 2.24) is 19.6 Å². The molecule has 2 aromatic heterocycles. The van der Waals surface area contributed by atoms with Gasteiger partial charge in [0, 0.05) is 23.3 Å². The quantitative estimate of drug-likeness (QED) is 0.390. The molecule has 0 fully saturated rings. The minimum atomic E-state index is -0.217. The smallest absolute Gasteiger partial charge is 0.274 e. The minimum absolute atomic E-state index is 0.217. The summed E-state index contributed by atoms with van der Waals surface area (Å²) >= 11 is 6.17. The molecule has 0 aliphatic heterocycles. The number of halogens is 1. The van der Waals surface area contributed by atoms with E-state index in [9.17, 15) is 4.79 Å². The number of nitrogens with one attached hydrogen (secondary N) is 3. The SMILES string of the molecule is Cc1ccc(NCc2cc(=O)n3[nH]c(NCc4ccc(C(C)C)cc4)nc3n2)cc1Cl. The number of hydrogen-bond acceptors (Lipinski definition) is 5. The van der Waals surface area contributed by atoms with E-state index in [0.29, 0.717) is 41.4 Å². The summed E-state index contributed by atoms with van der Waals surface area (Å²) in [5, 5.41) is 10.1. The largest absolute Gasteiger partial charge is 0.379 e. The average Bonchev–Trinajstić information content (AvgIpc) is 3.17. The Bertz CT molecular complexity index is 1260. The number of aromatic amines is 1. The van der Waals surface area contributed by atoms with Gasteiger partial charge < -0.3 is 10.6 Å². The summed E-state index contributed by atoms with van der Waals surface area (Å²) in [5.41, 5.74) is 4.70. The highest BCUT2D eigenvalue weighted by Gasteiger charge is 2.09. The van der Waals surface area contributed by atoms with E-state index in [1.807, 2.05) is 25.1 Å². The van der Waals surface area contributed by atoms with Crippen LogP contribution in [0.1, 0.15) is 42.1 Å². The van der Waals surface area contributed by atoms with Crippen molar-refractivity contribution in [2.45, 2.75) is 39.8 Å². The molecule has 0 amide bonds. The van der Waals surface area contributed by atoms with Crippen molar-refractivity contribution >= 4 is 29.0 Å². The first-order valence-electron chi connectivity index (χ1n) is 10.2. The molecule has 3 N–H and O–H groups in total. The molecule has 0 bridgehead atoms. The fourth-order valence-corrected chi connectivity index (χ4v) is 3.38. The zero-order valence-corrected chi connectivity index (χ0v) is 18.5. The molecule has 0 atom stereocenters. The van der Waals surface area contributed by atoms with Crippen LogP contribution in [0.2, 0.25) is 5.02 Å². The van der Waals surface area contributed by atoms with Crippen LogP contribution < -0.4 is 16.2 Å². The van der Waals surface area contributed by atoms with E-state index in [1.54, 1.807) is 0 Å². The predicted octanol–water partition coefficient (Wildman–Crippen LogP) is 4.73. The molecule has 0 saturated heterocycles. The maximum Gasteiger partial charge on any atom is 0.274 e. The van der Waals surface area contributed by atoms with Crippen molar-refractivity contribution in [1.29, 1.82) is 0 Å². The minimum Gasteiger partial charge on any atom is -0.379 e. The molecule has 0 aliphatic carbocycles. The van der Waals surface area contributed by atoms with Crippen molar-refractivity contribution in [3.63, 3.8) is 0 Å². The van der Waals surface area contributed by atoms with Gasteiger partial charge in [-0.3, -0.25) is 9.89 Å². The molecule has 31 heavy (non-hydrogen) atoms. The van der Waals surface area contributed by atoms with E-state index < -0.39 is 0 Å². The highest BCUT2D eigenvalue weighted by Crippen LogP contribution is 2.20. The number of anilines is 2. The molecule has 160 valence electrons. The van der Waals surface area contributed by atoms with Gasteiger partial charge in [-0.25, -0.2) is 4.98 Å². The van der Waals surface area contributed by atoms with Gasteiger partial charge >= 0.3 is 0 Å². The fourth-order valence-electron chi connectivity index (χ4n) is 3.20. The molecule has 4 rings (SSSR count). The van der Waals surface area contributed by atoms with Crippen molar-refractivity contribution in [2.75, 3.05) is 10.6 Å². The van der Waals surface area contributed by atoms with Gasteiger partial charge in [0.25, 0.3) is 11.3 Å². The molecule has 0 saturated carbocycles. The molecule has 2 heterocycles. The Morgan fingerprint density at radius 3 is 2.52 bits per heavy atom. The van der Waals surface area contributed by atoms with E-state index in [4.69, 9.17) is 11.6 Å². The van der Waals surface area contributed by atoms with Crippen molar-refractivity contribution < 1.29 is 0 Å². The van der Waals surface area contributed by atoms with Gasteiger partial charge in [0.05, 0.1) is 12.2 Å². The van der Waals surface area contributed by atoms with Crippen molar-refractivity contribution in [2.24, 2.45) is 0 Å². The molecule has 0 radical (unpaired) electrons. The van der Waals surface area contributed by atoms with Crippen LogP contribution >= 0.6 is 11.6 Å². The summed E-state index contributed by atoms with van der Waals surface area (Å²) in [6.07, 6.45) is 0. The van der Waals surface area contributed by atoms with Crippen molar-refractivity contribution in [3.05, 3.63) is 86.3 Å². The number of aromatic nitrogens is 4. The summed E-state index contributed by atoms with van der Waals surface area (Å²) in [6, 6.07) is 15.7. The lowest BCUT2D eigenvalue weighted by Crippen LogP contribution is -2.17. The Morgan fingerprint density at radius 2 is 1.81 bits per heavy atom. The first-order valence-corrected chi connectivity index (χ1v) is 10.6. The second-order valence-corrected chi connectivity index (χ2v) is 8.27. The predicted molar refractivity (Wildman–Crippen MR) is 125 cm³/mol. The van der Waals surface area contributed by atoms with Crippen LogP contribution in [0.5, 0.6) is 0 Å². The first kappa shape index (κ1) is 20.9. The topological polar surface area (TPSA) is 87.1 Å². The van der Waals surface area contributed by atoms with E-state index in [2.05, 4.69) is 63.8 Å². The lowest BCUT2D eigenvalue weighted by Gasteiger charge is -2.07. The van der Waals surface area contributed by atoms with Gasteiger partial charge in [-0.15, -0.1) is 0 Å². The number of hydrogen-bond donors (Lipinski definition) is 3. The second kappa shape index (κ2) is 8.81. The highest BCUT2D eigenvalue weighted by molar-refractivity contribution is 6.31. The number of benzene rings is 2. The van der Waals surface area contributed by atoms with Crippen LogP contribution in [0.3, 0.4) is 0 Å². The molecule has 0 unspecified atom stereocenters. The lowest BCUT2D eigenvalue weighted by molar-refractivity contribution is 0.864. The summed E-state index contributed by atoms with van der Waals surface area (Å²) in [4.78, 5) is 21.4. The maximum atomic E-state index is 12.5. The summed E-state index contributed by atoms with van der Waals surface area (Å²) < 4.78 is 1.33. The monoisotopic (exact) mass is 436 g/mol. The van der Waals surface area contributed by atoms with Crippen LogP contribution in [-0.2, 0) is 13.1 Å². The summed E-state index contributed by atoms with van der Waals surface area (Å²) in [5.74, 6) is 1.32. The number of nitrogens with zero attached hydrogens (tertiary/aromatic N) is 3. The van der Waals surface area contributed by atoms with Crippen LogP contribution in [0, 0.1) is 6.92 Å². The normalized spacial score (nSPS) is 11.3. The Labute approximate surface area is 185 Å². The third kappa shape index (κ3) is 4.88. The van der Waals surface area contributed by atoms with E-state index >= 15 is 0 Å². The third-order valence-electron chi connectivity index (χ3n) is 5.14. The molecule has 4 aromatic rings. The average molecular weight is 437 g/mol. The van der Waals surface area contributed by atoms with Crippen molar-refractivity contribution in [3.8, 4) is 0 Å². The van der Waals surface area contributed by atoms with E-state index in [0.717, 1.165) is 16.8 Å². The number of rotatable bonds is 7. The van der Waals surface area contributed by atoms with E-state index in [-0.39, 0.29) is 5.56 Å². The molecule has 2 aromatic carbocycles. The van der Waals surface area contributed by atoms with Crippen LogP contribution in [0.25, 0.3) is 5.78 Å². The second-order valence-electron chi connectivity index (χ2n) is 7.86. The fraction of sp³-hybridized carbons (Fsp3) is 0.261. The summed E-state index contributed by atoms with van der Waals surface area (Å²) in [6.45, 7) is 7.28. The first-order chi connectivity index (χ1) is 14.9. The molecule has 0 aliphatic rings. The standard InChI is InChI=1S/C23H25ClN6O/c1-14(2)17-7-5-16(6-8-17)12-26-22-28-23-27-19(11-21(31)30(23)29-22)13-25-18-9-4-15(3)20(24)10-18/h4-11,14,25H,12-13H2,1-3H3,(H2,26,27,28,29). The van der Waals surface area contributed by atoms with Crippen LogP contribution in [-0.4, -0.2) is 19.6 Å². The van der Waals surface area contributed by atoms with Gasteiger partial charge in [0.15, 0.2) is 0 Å². The van der Waals surface area contributed by atoms with Gasteiger partial charge in [-0.05, 0) is 41.7 Å². The van der Waals surface area contributed by atoms with Gasteiger partial charge in [-0.1, -0.05) is 55.8 Å². The van der Waals surface area contributed by atoms with Gasteiger partial charge in [0.1, 0.15) is 0 Å². The Kier molecular flexibility index (Phi) is 5.95. The van der Waals surface area contributed by atoms with Gasteiger partial charge in [0.2, 0.25) is 5.95 Å². The van der Waals surface area contributed by atoms with E-state index in [1.165, 1.54) is 16.1 Å². The molecule has 7 nitrogen and oxygen atoms in total. The lowest BCUT2D eigenvalue weighted by atomic mass is 10.0. The zero-order valence-electron chi connectivity index (χ0n) is 17.7. The third-order valence-corrected chi connectivity index (χ3v) is 5.54. The molecular formula is C23H25ClN6O. The number of aryl methyl sites for hydroxylation is 1. The zero-order chi connectivity index (χ0) is 22.0. The highest BCUT2D eigenvalue weighted by atomic mass is 35.5. The van der Waals surface area contributed by atoms with Crippen LogP contribution in [0.4, 0.5) is 11.6 Å². The Morgan fingerprint density at radius 1 is 1.03 bits per heavy atom. The Balaban J connectivity index is 1.45. The molecular weight excluding hydrogens is 412 g/mol. The number of H-pyrrole nitrogens is 1. The Hall–Kier alpha value is -3.32. The molecule has 8 heteroatoms. The van der Waals surface area contributed by atoms with Crippen LogP contribution in [0.15, 0.2) is 53.3 Å². The summed E-state index contributed by atoms with van der Waals surface area (Å²) in [7, 11) is 0. The van der Waals surface area contributed by atoms with Gasteiger partial charge in [-0.2, -0.15) is 9.50 Å². The molecule has 0 spiro atoms.